The summed E-state index contributed by atoms with van der Waals surface area (Å²) in [7, 11) is 0. The third-order valence-electron chi connectivity index (χ3n) is 6.26. The molecule has 0 amide bonds. The fourth-order valence-electron chi connectivity index (χ4n) is 3.92. The first-order valence-electron chi connectivity index (χ1n) is 13.6. The van der Waals surface area contributed by atoms with Gasteiger partial charge >= 0.3 is 23.9 Å². The lowest BCUT2D eigenvalue weighted by atomic mass is 10.0. The average molecular weight is 566 g/mol. The molecule has 220 valence electrons. The van der Waals surface area contributed by atoms with Crippen LogP contribution in [0.15, 0.2) is 73.8 Å². The van der Waals surface area contributed by atoms with Gasteiger partial charge in [0.05, 0.1) is 5.92 Å². The van der Waals surface area contributed by atoms with Crippen molar-refractivity contribution in [1.29, 1.82) is 0 Å². The Labute approximate surface area is 241 Å². The van der Waals surface area contributed by atoms with E-state index in [-0.39, 0.29) is 39.3 Å². The summed E-state index contributed by atoms with van der Waals surface area (Å²) in [5.41, 5.74) is 3.04. The zero-order valence-corrected chi connectivity index (χ0v) is 23.8. The van der Waals surface area contributed by atoms with Crippen molar-refractivity contribution in [3.8, 4) is 0 Å². The minimum absolute atomic E-state index is 0.0553. The molecule has 2 rings (SSSR count). The van der Waals surface area contributed by atoms with Crippen LogP contribution in [-0.4, -0.2) is 48.4 Å². The van der Waals surface area contributed by atoms with Gasteiger partial charge in [-0.3, -0.25) is 9.59 Å². The largest absolute Gasteiger partial charge is 0.461 e. The summed E-state index contributed by atoms with van der Waals surface area (Å²) in [6.07, 6.45) is 2.53. The van der Waals surface area contributed by atoms with E-state index in [0.717, 1.165) is 47.5 Å². The molecule has 0 aliphatic rings. The minimum atomic E-state index is -0.514. The van der Waals surface area contributed by atoms with E-state index in [1.807, 2.05) is 32.0 Å². The van der Waals surface area contributed by atoms with E-state index in [0.29, 0.717) is 6.54 Å². The quantitative estimate of drug-likeness (QED) is 0.145. The second-order valence-electron chi connectivity index (χ2n) is 9.25. The number of rotatable bonds is 18. The minimum Gasteiger partial charge on any atom is -0.461 e. The highest BCUT2D eigenvalue weighted by Gasteiger charge is 2.24. The number of benzene rings is 2. The molecule has 2 aromatic carbocycles. The Balaban J connectivity index is 1.92. The number of hydrogen-bond acceptors (Lipinski definition) is 9. The Bertz CT molecular complexity index is 1190. The molecule has 41 heavy (non-hydrogen) atoms. The Morgan fingerprint density at radius 3 is 1.61 bits per heavy atom. The third-order valence-corrected chi connectivity index (χ3v) is 6.26. The monoisotopic (exact) mass is 565 g/mol. The van der Waals surface area contributed by atoms with Gasteiger partial charge in [0.15, 0.2) is 0 Å². The van der Waals surface area contributed by atoms with Crippen LogP contribution in [0.4, 0.5) is 0 Å². The molecule has 1 unspecified atom stereocenters. The highest BCUT2D eigenvalue weighted by Crippen LogP contribution is 2.16. The van der Waals surface area contributed by atoms with Crippen molar-refractivity contribution in [2.75, 3.05) is 19.6 Å². The maximum Gasteiger partial charge on any atom is 0.330 e. The molecule has 0 aromatic heterocycles. The number of hydrogen-bond donors (Lipinski definition) is 0. The number of ether oxygens (including phenoxy) is 4. The first-order chi connectivity index (χ1) is 19.8. The van der Waals surface area contributed by atoms with E-state index in [1.165, 1.54) is 0 Å². The van der Waals surface area contributed by atoms with Gasteiger partial charge in [0.25, 0.3) is 0 Å². The molecule has 0 spiro atoms. The first-order valence-corrected chi connectivity index (χ1v) is 13.6. The van der Waals surface area contributed by atoms with Crippen LogP contribution in [0.1, 0.15) is 48.9 Å². The van der Waals surface area contributed by atoms with Crippen LogP contribution in [0, 0.1) is 5.92 Å². The topological polar surface area (TPSA) is 108 Å². The standard InChI is InChI=1S/C32H39NO8/c1-5-29(34)38-20-24-11-9-13-26(17-24)22-40-31(36)16-15-28(19-33(7-3)8-4)32(37)41-23-27-14-10-12-25(18-27)21-39-30(35)6-2/h5-6,9-14,17-18,28H,1-2,7-8,15-16,19-23H2,3-4H3. The van der Waals surface area contributed by atoms with E-state index in [1.54, 1.807) is 30.3 Å². The van der Waals surface area contributed by atoms with Crippen molar-refractivity contribution in [2.24, 2.45) is 5.92 Å². The lowest BCUT2D eigenvalue weighted by Crippen LogP contribution is -2.34. The van der Waals surface area contributed by atoms with Crippen molar-refractivity contribution >= 4 is 23.9 Å². The van der Waals surface area contributed by atoms with Gasteiger partial charge < -0.3 is 23.8 Å². The second-order valence-corrected chi connectivity index (χ2v) is 9.25. The molecule has 0 heterocycles. The molecule has 0 radical (unpaired) electrons. The zero-order valence-electron chi connectivity index (χ0n) is 23.8. The van der Waals surface area contributed by atoms with Gasteiger partial charge in [-0.1, -0.05) is 63.4 Å². The summed E-state index contributed by atoms with van der Waals surface area (Å²) < 4.78 is 21.2. The Morgan fingerprint density at radius 1 is 0.732 bits per heavy atom. The molecule has 0 aliphatic carbocycles. The molecular weight excluding hydrogens is 526 g/mol. The second kappa shape index (κ2) is 18.2. The fraction of sp³-hybridized carbons (Fsp3) is 0.375. The summed E-state index contributed by atoms with van der Waals surface area (Å²) in [6, 6.07) is 14.4. The van der Waals surface area contributed by atoms with Crippen LogP contribution in [0.5, 0.6) is 0 Å². The van der Waals surface area contributed by atoms with Gasteiger partial charge in [-0.25, -0.2) is 9.59 Å². The van der Waals surface area contributed by atoms with Gasteiger partial charge in [-0.05, 0) is 53.9 Å². The van der Waals surface area contributed by atoms with Crippen LogP contribution in [0.25, 0.3) is 0 Å². The molecule has 9 heteroatoms. The van der Waals surface area contributed by atoms with Gasteiger partial charge in [0.1, 0.15) is 26.4 Å². The van der Waals surface area contributed by atoms with E-state index in [4.69, 9.17) is 18.9 Å². The van der Waals surface area contributed by atoms with Crippen LogP contribution >= 0.6 is 0 Å². The Morgan fingerprint density at radius 2 is 1.17 bits per heavy atom. The molecule has 0 aliphatic heterocycles. The highest BCUT2D eigenvalue weighted by atomic mass is 16.5. The Kier molecular flexibility index (Phi) is 14.6. The molecule has 2 aromatic rings. The number of carbonyl (C=O) groups is 4. The van der Waals surface area contributed by atoms with E-state index < -0.39 is 29.8 Å². The third kappa shape index (κ3) is 12.7. The molecule has 1 atom stereocenters. The molecule has 9 nitrogen and oxygen atoms in total. The van der Waals surface area contributed by atoms with Crippen LogP contribution < -0.4 is 0 Å². The number of esters is 4. The lowest BCUT2D eigenvalue weighted by Gasteiger charge is -2.24. The summed E-state index contributed by atoms with van der Waals surface area (Å²) in [5, 5.41) is 0. The molecule has 0 saturated carbocycles. The summed E-state index contributed by atoms with van der Waals surface area (Å²) in [6.45, 7) is 13.0. The van der Waals surface area contributed by atoms with Crippen LogP contribution in [0.3, 0.4) is 0 Å². The molecule has 0 saturated heterocycles. The summed E-state index contributed by atoms with van der Waals surface area (Å²) in [4.78, 5) is 50.3. The summed E-state index contributed by atoms with van der Waals surface area (Å²) >= 11 is 0. The lowest BCUT2D eigenvalue weighted by molar-refractivity contribution is -0.152. The average Bonchev–Trinajstić information content (AvgIpc) is 3.00. The van der Waals surface area contributed by atoms with Gasteiger partial charge in [0.2, 0.25) is 0 Å². The van der Waals surface area contributed by atoms with Gasteiger partial charge in [-0.2, -0.15) is 0 Å². The van der Waals surface area contributed by atoms with E-state index in [2.05, 4.69) is 18.1 Å². The van der Waals surface area contributed by atoms with Crippen molar-refractivity contribution in [1.82, 2.24) is 4.90 Å². The van der Waals surface area contributed by atoms with Crippen LogP contribution in [0.2, 0.25) is 0 Å². The normalized spacial score (nSPS) is 11.3. The molecule has 0 bridgehead atoms. The zero-order chi connectivity index (χ0) is 30.0. The maximum atomic E-state index is 13.1. The Hall–Kier alpha value is -4.24. The first kappa shape index (κ1) is 33.0. The maximum absolute atomic E-state index is 13.1. The molecule has 0 fully saturated rings. The molecular formula is C32H39NO8. The van der Waals surface area contributed by atoms with Crippen LogP contribution in [-0.2, 0) is 64.6 Å². The predicted octanol–water partition coefficient (Wildman–Crippen LogP) is 4.67. The van der Waals surface area contributed by atoms with Gasteiger partial charge in [0, 0.05) is 25.1 Å². The van der Waals surface area contributed by atoms with Crippen molar-refractivity contribution < 1.29 is 38.1 Å². The molecule has 0 N–H and O–H groups in total. The summed E-state index contributed by atoms with van der Waals surface area (Å²) in [5.74, 6) is -2.36. The van der Waals surface area contributed by atoms with Crippen molar-refractivity contribution in [2.45, 2.75) is 53.1 Å². The number of nitrogens with zero attached hydrogens (tertiary/aromatic N) is 1. The van der Waals surface area contributed by atoms with E-state index >= 15 is 0 Å². The van der Waals surface area contributed by atoms with Crippen molar-refractivity contribution in [3.05, 3.63) is 96.1 Å². The van der Waals surface area contributed by atoms with Crippen molar-refractivity contribution in [3.63, 3.8) is 0 Å². The predicted molar refractivity (Wildman–Crippen MR) is 153 cm³/mol. The number of carbonyl (C=O) groups excluding carboxylic acids is 4. The SMILES string of the molecule is C=CC(=O)OCc1cccc(COC(=O)CCC(CN(CC)CC)C(=O)OCc2cccc(COC(=O)C=C)c2)c1. The highest BCUT2D eigenvalue weighted by molar-refractivity contribution is 5.81. The fourth-order valence-corrected chi connectivity index (χ4v) is 3.92. The smallest absolute Gasteiger partial charge is 0.330 e. The van der Waals surface area contributed by atoms with Gasteiger partial charge in [-0.15, -0.1) is 0 Å². The van der Waals surface area contributed by atoms with E-state index in [9.17, 15) is 19.2 Å².